The molecule has 0 aromatic heterocycles. The van der Waals surface area contributed by atoms with Crippen LogP contribution in [-0.4, -0.2) is 18.5 Å². The molecule has 2 rings (SSSR count). The topological polar surface area (TPSA) is 55.4 Å². The van der Waals surface area contributed by atoms with Crippen LogP contribution >= 0.6 is 15.9 Å². The van der Waals surface area contributed by atoms with Crippen LogP contribution in [-0.2, 0) is 15.7 Å². The molecule has 1 amide bonds. The van der Waals surface area contributed by atoms with E-state index >= 15 is 0 Å². The number of alkyl halides is 3. The van der Waals surface area contributed by atoms with Crippen LogP contribution in [0.25, 0.3) is 0 Å². The fraction of sp³-hybridized carbons (Fsp3) is 0.125. The van der Waals surface area contributed by atoms with Gasteiger partial charge in [-0.05, 0) is 52.3 Å². The van der Waals surface area contributed by atoms with Crippen molar-refractivity contribution in [2.24, 2.45) is 0 Å². The van der Waals surface area contributed by atoms with E-state index in [9.17, 15) is 22.8 Å². The Balaban J connectivity index is 1.90. The SMILES string of the molecule is O=C(COC(=O)c1ccccc1Br)Nc1ccc(C(F)(F)F)cc1. The van der Waals surface area contributed by atoms with Gasteiger partial charge in [0.2, 0.25) is 0 Å². The molecule has 0 atom stereocenters. The normalized spacial score (nSPS) is 11.0. The van der Waals surface area contributed by atoms with Crippen molar-refractivity contribution in [1.82, 2.24) is 0 Å². The van der Waals surface area contributed by atoms with Crippen LogP contribution < -0.4 is 5.32 Å². The quantitative estimate of drug-likeness (QED) is 0.778. The van der Waals surface area contributed by atoms with Gasteiger partial charge in [0, 0.05) is 10.2 Å². The summed E-state index contributed by atoms with van der Waals surface area (Å²) in [4.78, 5) is 23.5. The van der Waals surface area contributed by atoms with E-state index in [1.807, 2.05) is 0 Å². The Labute approximate surface area is 143 Å². The van der Waals surface area contributed by atoms with Gasteiger partial charge in [0.1, 0.15) is 0 Å². The first kappa shape index (κ1) is 18.0. The molecule has 0 saturated heterocycles. The first-order valence-electron chi connectivity index (χ1n) is 6.66. The zero-order valence-corrected chi connectivity index (χ0v) is 13.6. The first-order chi connectivity index (χ1) is 11.3. The molecule has 0 aliphatic carbocycles. The van der Waals surface area contributed by atoms with Gasteiger partial charge < -0.3 is 10.1 Å². The second kappa shape index (κ2) is 7.48. The molecule has 0 aliphatic heterocycles. The van der Waals surface area contributed by atoms with Crippen LogP contribution in [0.5, 0.6) is 0 Å². The second-order valence-corrected chi connectivity index (χ2v) is 5.53. The van der Waals surface area contributed by atoms with Gasteiger partial charge in [-0.2, -0.15) is 13.2 Å². The Bertz CT molecular complexity index is 745. The van der Waals surface area contributed by atoms with E-state index in [0.717, 1.165) is 24.3 Å². The highest BCUT2D eigenvalue weighted by atomic mass is 79.9. The Morgan fingerprint density at radius 3 is 2.25 bits per heavy atom. The molecule has 4 nitrogen and oxygen atoms in total. The van der Waals surface area contributed by atoms with E-state index in [-0.39, 0.29) is 11.3 Å². The number of rotatable bonds is 4. The van der Waals surface area contributed by atoms with Crippen molar-refractivity contribution in [3.05, 3.63) is 64.1 Å². The van der Waals surface area contributed by atoms with Crippen molar-refractivity contribution < 1.29 is 27.5 Å². The number of amides is 1. The van der Waals surface area contributed by atoms with Crippen molar-refractivity contribution >= 4 is 33.5 Å². The molecule has 2 aromatic rings. The molecule has 0 aliphatic rings. The van der Waals surface area contributed by atoms with E-state index in [2.05, 4.69) is 21.2 Å². The van der Waals surface area contributed by atoms with E-state index in [0.29, 0.717) is 4.47 Å². The minimum atomic E-state index is -4.44. The lowest BCUT2D eigenvalue weighted by Gasteiger charge is -2.09. The second-order valence-electron chi connectivity index (χ2n) is 4.68. The highest BCUT2D eigenvalue weighted by Gasteiger charge is 2.30. The number of carbonyl (C=O) groups excluding carboxylic acids is 2. The number of hydrogen-bond acceptors (Lipinski definition) is 3. The minimum Gasteiger partial charge on any atom is -0.452 e. The molecule has 2 aromatic carbocycles. The van der Waals surface area contributed by atoms with Crippen LogP contribution in [0.1, 0.15) is 15.9 Å². The number of carbonyl (C=O) groups is 2. The zero-order chi connectivity index (χ0) is 17.7. The van der Waals surface area contributed by atoms with E-state index in [4.69, 9.17) is 4.74 Å². The van der Waals surface area contributed by atoms with Crippen molar-refractivity contribution in [3.63, 3.8) is 0 Å². The van der Waals surface area contributed by atoms with Crippen molar-refractivity contribution in [3.8, 4) is 0 Å². The van der Waals surface area contributed by atoms with Gasteiger partial charge in [0.15, 0.2) is 6.61 Å². The smallest absolute Gasteiger partial charge is 0.416 e. The molecule has 126 valence electrons. The molecule has 0 radical (unpaired) electrons. The summed E-state index contributed by atoms with van der Waals surface area (Å²) in [5.41, 5.74) is -0.384. The predicted molar refractivity (Wildman–Crippen MR) is 84.5 cm³/mol. The molecule has 8 heteroatoms. The zero-order valence-electron chi connectivity index (χ0n) is 12.1. The van der Waals surface area contributed by atoms with Gasteiger partial charge in [-0.15, -0.1) is 0 Å². The van der Waals surface area contributed by atoms with Gasteiger partial charge in [-0.25, -0.2) is 4.79 Å². The molecule has 0 spiro atoms. The number of esters is 1. The monoisotopic (exact) mass is 401 g/mol. The molecule has 1 N–H and O–H groups in total. The fourth-order valence-corrected chi connectivity index (χ4v) is 2.22. The number of anilines is 1. The molecule has 0 fully saturated rings. The molecule has 24 heavy (non-hydrogen) atoms. The summed E-state index contributed by atoms with van der Waals surface area (Å²) >= 11 is 3.19. The van der Waals surface area contributed by atoms with E-state index in [1.165, 1.54) is 6.07 Å². The average molecular weight is 402 g/mol. The van der Waals surface area contributed by atoms with Crippen LogP contribution in [0.3, 0.4) is 0 Å². The van der Waals surface area contributed by atoms with Crippen molar-refractivity contribution in [1.29, 1.82) is 0 Å². The summed E-state index contributed by atoms with van der Waals surface area (Å²) < 4.78 is 42.7. The summed E-state index contributed by atoms with van der Waals surface area (Å²) in [5.74, 6) is -1.35. The fourth-order valence-electron chi connectivity index (χ4n) is 1.78. The number of halogens is 4. The maximum absolute atomic E-state index is 12.4. The molecular formula is C16H11BrF3NO3. The molecule has 0 heterocycles. The summed E-state index contributed by atoms with van der Waals surface area (Å²) in [6, 6.07) is 10.5. The molecular weight excluding hydrogens is 391 g/mol. The van der Waals surface area contributed by atoms with E-state index < -0.39 is 30.2 Å². The average Bonchev–Trinajstić information content (AvgIpc) is 2.53. The highest BCUT2D eigenvalue weighted by Crippen LogP contribution is 2.29. The summed E-state index contributed by atoms with van der Waals surface area (Å²) in [5, 5.41) is 2.35. The van der Waals surface area contributed by atoms with Gasteiger partial charge in [-0.1, -0.05) is 12.1 Å². The summed E-state index contributed by atoms with van der Waals surface area (Å²) in [7, 11) is 0. The Kier molecular flexibility index (Phi) is 5.61. The third-order valence-electron chi connectivity index (χ3n) is 2.92. The molecule has 0 saturated carbocycles. The van der Waals surface area contributed by atoms with Crippen molar-refractivity contribution in [2.75, 3.05) is 11.9 Å². The first-order valence-corrected chi connectivity index (χ1v) is 7.45. The maximum atomic E-state index is 12.4. The number of ether oxygens (including phenoxy) is 1. The largest absolute Gasteiger partial charge is 0.452 e. The Hall–Kier alpha value is -2.35. The van der Waals surface area contributed by atoms with Crippen LogP contribution in [0.2, 0.25) is 0 Å². The summed E-state index contributed by atoms with van der Waals surface area (Å²) in [6.07, 6.45) is -4.44. The third-order valence-corrected chi connectivity index (χ3v) is 3.62. The van der Waals surface area contributed by atoms with Crippen LogP contribution in [0, 0.1) is 0 Å². The van der Waals surface area contributed by atoms with Crippen molar-refractivity contribution in [2.45, 2.75) is 6.18 Å². The van der Waals surface area contributed by atoms with Crippen LogP contribution in [0.15, 0.2) is 53.0 Å². The lowest BCUT2D eigenvalue weighted by molar-refractivity contribution is -0.137. The van der Waals surface area contributed by atoms with Gasteiger partial charge in [0.05, 0.1) is 11.1 Å². The minimum absolute atomic E-state index is 0.171. The third kappa shape index (κ3) is 4.82. The Morgan fingerprint density at radius 1 is 1.04 bits per heavy atom. The number of hydrogen-bond donors (Lipinski definition) is 1. The van der Waals surface area contributed by atoms with Gasteiger partial charge in [0.25, 0.3) is 5.91 Å². The predicted octanol–water partition coefficient (Wildman–Crippen LogP) is 4.26. The lowest BCUT2D eigenvalue weighted by Crippen LogP contribution is -2.21. The highest BCUT2D eigenvalue weighted by molar-refractivity contribution is 9.10. The summed E-state index contributed by atoms with van der Waals surface area (Å²) in [6.45, 7) is -0.554. The number of nitrogens with one attached hydrogen (secondary N) is 1. The molecule has 0 unspecified atom stereocenters. The maximum Gasteiger partial charge on any atom is 0.416 e. The number of benzene rings is 2. The van der Waals surface area contributed by atoms with Crippen LogP contribution in [0.4, 0.5) is 18.9 Å². The van der Waals surface area contributed by atoms with E-state index in [1.54, 1.807) is 18.2 Å². The Morgan fingerprint density at radius 2 is 1.67 bits per heavy atom. The van der Waals surface area contributed by atoms with Gasteiger partial charge >= 0.3 is 12.1 Å². The standard InChI is InChI=1S/C16H11BrF3NO3/c17-13-4-2-1-3-12(13)15(23)24-9-14(22)21-11-7-5-10(6-8-11)16(18,19)20/h1-8H,9H2,(H,21,22). The molecule has 0 bridgehead atoms. The van der Waals surface area contributed by atoms with Gasteiger partial charge in [-0.3, -0.25) is 4.79 Å². The lowest BCUT2D eigenvalue weighted by atomic mass is 10.2.